The standard InChI is InChI=1S/C28H22N2O6S2.C2H3N/c1-17-9-13-19(14-10-17)37(33,34)29-23-7-3-5-21-25(23)28(32)26-22(27(21)31)6-4-8-24(26)30-38(35,36)20-15-11-18(2)12-16-20;1-2-3/h3-16,29-30H,1-2H3;1H3. The smallest absolute Gasteiger partial charge is 0.261 e. The molecule has 41 heavy (non-hydrogen) atoms. The first-order valence-corrected chi connectivity index (χ1v) is 15.2. The number of carbonyl (C=O) groups is 2. The van der Waals surface area contributed by atoms with Crippen LogP contribution in [0.5, 0.6) is 0 Å². The van der Waals surface area contributed by atoms with Crippen LogP contribution in [-0.4, -0.2) is 28.4 Å². The lowest BCUT2D eigenvalue weighted by molar-refractivity contribution is 0.0980. The van der Waals surface area contributed by atoms with E-state index < -0.39 is 31.6 Å². The molecule has 0 amide bonds. The van der Waals surface area contributed by atoms with Gasteiger partial charge in [-0.3, -0.25) is 19.0 Å². The molecule has 0 unspecified atom stereocenters. The van der Waals surface area contributed by atoms with Gasteiger partial charge in [0.25, 0.3) is 20.0 Å². The van der Waals surface area contributed by atoms with E-state index in [2.05, 4.69) is 9.44 Å². The fraction of sp³-hybridized carbons (Fsp3) is 0.100. The number of hydrogen-bond acceptors (Lipinski definition) is 7. The van der Waals surface area contributed by atoms with Crippen molar-refractivity contribution in [1.82, 2.24) is 0 Å². The van der Waals surface area contributed by atoms with Crippen LogP contribution < -0.4 is 9.44 Å². The molecular weight excluding hydrogens is 562 g/mol. The lowest BCUT2D eigenvalue weighted by atomic mass is 9.82. The molecule has 0 radical (unpaired) electrons. The Labute approximate surface area is 238 Å². The maximum absolute atomic E-state index is 13.8. The number of carbonyl (C=O) groups excluding carboxylic acids is 2. The highest BCUT2D eigenvalue weighted by Gasteiger charge is 2.35. The van der Waals surface area contributed by atoms with Crippen molar-refractivity contribution in [3.8, 4) is 6.07 Å². The number of nitrogens with zero attached hydrogens (tertiary/aromatic N) is 1. The molecule has 4 aromatic rings. The van der Waals surface area contributed by atoms with Crippen LogP contribution in [0, 0.1) is 25.2 Å². The Hall–Kier alpha value is -4.79. The molecule has 0 aromatic heterocycles. The van der Waals surface area contributed by atoms with E-state index >= 15 is 0 Å². The molecule has 0 atom stereocenters. The van der Waals surface area contributed by atoms with Crippen molar-refractivity contribution < 1.29 is 26.4 Å². The molecule has 2 N–H and O–H groups in total. The Morgan fingerprint density at radius 1 is 0.585 bits per heavy atom. The number of nitriles is 1. The normalized spacial score (nSPS) is 12.2. The summed E-state index contributed by atoms with van der Waals surface area (Å²) in [7, 11) is -8.17. The first-order chi connectivity index (χ1) is 19.4. The van der Waals surface area contributed by atoms with Gasteiger partial charge in [0.1, 0.15) is 0 Å². The van der Waals surface area contributed by atoms with E-state index in [-0.39, 0.29) is 43.4 Å². The van der Waals surface area contributed by atoms with E-state index in [1.807, 2.05) is 13.8 Å². The second kappa shape index (κ2) is 11.4. The second-order valence-electron chi connectivity index (χ2n) is 9.18. The van der Waals surface area contributed by atoms with Crippen LogP contribution in [0.2, 0.25) is 0 Å². The van der Waals surface area contributed by atoms with Crippen molar-refractivity contribution in [3.63, 3.8) is 0 Å². The fourth-order valence-electron chi connectivity index (χ4n) is 4.25. The van der Waals surface area contributed by atoms with Gasteiger partial charge in [-0.2, -0.15) is 5.26 Å². The van der Waals surface area contributed by atoms with E-state index in [1.54, 1.807) is 30.3 Å². The highest BCUT2D eigenvalue weighted by Crippen LogP contribution is 2.37. The summed E-state index contributed by atoms with van der Waals surface area (Å²) in [5.74, 6) is -1.21. The summed E-state index contributed by atoms with van der Waals surface area (Å²) < 4.78 is 57.1. The predicted molar refractivity (Wildman–Crippen MR) is 155 cm³/mol. The van der Waals surface area contributed by atoms with Gasteiger partial charge in [0.15, 0.2) is 11.6 Å². The predicted octanol–water partition coefficient (Wildman–Crippen LogP) is 5.21. The van der Waals surface area contributed by atoms with Crippen molar-refractivity contribution in [1.29, 1.82) is 5.26 Å². The fourth-order valence-corrected chi connectivity index (χ4v) is 6.40. The van der Waals surface area contributed by atoms with Gasteiger partial charge in [-0.25, -0.2) is 16.8 Å². The van der Waals surface area contributed by atoms with Gasteiger partial charge < -0.3 is 0 Å². The summed E-state index contributed by atoms with van der Waals surface area (Å²) in [5, 5.41) is 7.32. The molecule has 0 aliphatic heterocycles. The van der Waals surface area contributed by atoms with Crippen molar-refractivity contribution in [2.45, 2.75) is 30.6 Å². The van der Waals surface area contributed by atoms with Crippen LogP contribution in [0.3, 0.4) is 0 Å². The third kappa shape index (κ3) is 5.89. The lowest BCUT2D eigenvalue weighted by Crippen LogP contribution is -2.26. The lowest BCUT2D eigenvalue weighted by Gasteiger charge is -2.23. The van der Waals surface area contributed by atoms with E-state index in [9.17, 15) is 26.4 Å². The van der Waals surface area contributed by atoms with Gasteiger partial charge in [-0.15, -0.1) is 0 Å². The molecule has 1 aliphatic carbocycles. The molecule has 0 bridgehead atoms. The number of anilines is 2. The minimum absolute atomic E-state index is 0.0118. The number of sulfonamides is 2. The maximum Gasteiger partial charge on any atom is 0.261 e. The summed E-state index contributed by atoms with van der Waals surface area (Å²) in [6.45, 7) is 5.08. The van der Waals surface area contributed by atoms with Crippen LogP contribution in [0.25, 0.3) is 0 Å². The number of ketones is 2. The highest BCUT2D eigenvalue weighted by atomic mass is 32.2. The van der Waals surface area contributed by atoms with Gasteiger partial charge in [-0.05, 0) is 50.2 Å². The second-order valence-corrected chi connectivity index (χ2v) is 12.5. The van der Waals surface area contributed by atoms with E-state index in [0.717, 1.165) is 11.1 Å². The quantitative estimate of drug-likeness (QED) is 0.277. The van der Waals surface area contributed by atoms with Crippen LogP contribution in [0.4, 0.5) is 11.4 Å². The maximum atomic E-state index is 13.8. The summed E-state index contributed by atoms with van der Waals surface area (Å²) in [4.78, 5) is 27.2. The molecule has 11 heteroatoms. The van der Waals surface area contributed by atoms with Crippen molar-refractivity contribution in [3.05, 3.63) is 118 Å². The van der Waals surface area contributed by atoms with E-state index in [4.69, 9.17) is 5.26 Å². The average Bonchev–Trinajstić information content (AvgIpc) is 2.92. The first kappa shape index (κ1) is 29.2. The Morgan fingerprint density at radius 2 is 0.927 bits per heavy atom. The number of benzene rings is 4. The molecule has 5 rings (SSSR count). The first-order valence-electron chi connectivity index (χ1n) is 12.2. The summed E-state index contributed by atoms with van der Waals surface area (Å²) in [5.41, 5.74) is 1.32. The van der Waals surface area contributed by atoms with Gasteiger partial charge in [0.2, 0.25) is 0 Å². The molecule has 0 fully saturated rings. The Kier molecular flexibility index (Phi) is 8.10. The summed E-state index contributed by atoms with van der Waals surface area (Å²) in [6.07, 6.45) is 0. The highest BCUT2D eigenvalue weighted by molar-refractivity contribution is 7.93. The minimum atomic E-state index is -4.09. The molecule has 208 valence electrons. The van der Waals surface area contributed by atoms with Crippen LogP contribution >= 0.6 is 0 Å². The number of nitrogens with one attached hydrogen (secondary N) is 2. The van der Waals surface area contributed by atoms with Gasteiger partial charge in [-0.1, -0.05) is 59.7 Å². The number of aryl methyl sites for hydroxylation is 2. The molecule has 9 nitrogen and oxygen atoms in total. The van der Waals surface area contributed by atoms with Crippen molar-refractivity contribution in [2.24, 2.45) is 0 Å². The van der Waals surface area contributed by atoms with Gasteiger partial charge >= 0.3 is 0 Å². The van der Waals surface area contributed by atoms with Crippen molar-refractivity contribution >= 4 is 43.0 Å². The molecule has 4 aromatic carbocycles. The minimum Gasteiger partial charge on any atom is -0.289 e. The van der Waals surface area contributed by atoms with Crippen LogP contribution in [-0.2, 0) is 20.0 Å². The third-order valence-corrected chi connectivity index (χ3v) is 8.99. The van der Waals surface area contributed by atoms with E-state index in [0.29, 0.717) is 0 Å². The van der Waals surface area contributed by atoms with Crippen LogP contribution in [0.1, 0.15) is 49.9 Å². The monoisotopic (exact) mass is 587 g/mol. The topological polar surface area (TPSA) is 150 Å². The number of hydrogen-bond donors (Lipinski definition) is 2. The molecular formula is C30H25N3O6S2. The van der Waals surface area contributed by atoms with Crippen LogP contribution in [0.15, 0.2) is 94.7 Å². The molecule has 0 heterocycles. The number of fused-ring (bicyclic) bond motifs is 2. The van der Waals surface area contributed by atoms with E-state index in [1.165, 1.54) is 67.6 Å². The number of rotatable bonds is 6. The van der Waals surface area contributed by atoms with Crippen molar-refractivity contribution in [2.75, 3.05) is 9.44 Å². The molecule has 0 saturated heterocycles. The Balaban J connectivity index is 0.00000124. The Morgan fingerprint density at radius 3 is 1.27 bits per heavy atom. The average molecular weight is 588 g/mol. The molecule has 0 spiro atoms. The molecule has 1 aliphatic rings. The largest absolute Gasteiger partial charge is 0.289 e. The summed E-state index contributed by atoms with van der Waals surface area (Å²) >= 11 is 0. The third-order valence-electron chi connectivity index (χ3n) is 6.22. The van der Waals surface area contributed by atoms with Gasteiger partial charge in [0, 0.05) is 18.1 Å². The summed E-state index contributed by atoms with van der Waals surface area (Å²) in [6, 6.07) is 22.7. The zero-order valence-electron chi connectivity index (χ0n) is 22.3. The zero-order valence-corrected chi connectivity index (χ0v) is 23.9. The zero-order chi connectivity index (χ0) is 29.9. The SMILES string of the molecule is CC#N.Cc1ccc(S(=O)(=O)Nc2cccc3c2C(=O)c2c(NS(=O)(=O)c4ccc(C)cc4)cccc2C3=O)cc1. The van der Waals surface area contributed by atoms with Gasteiger partial charge in [0.05, 0.1) is 38.4 Å². The molecule has 0 saturated carbocycles. The Bertz CT molecular complexity index is 1790.